The lowest BCUT2D eigenvalue weighted by atomic mass is 10.1. The first kappa shape index (κ1) is 18.6. The van der Waals surface area contributed by atoms with Crippen molar-refractivity contribution in [3.63, 3.8) is 0 Å². The minimum absolute atomic E-state index is 0.0270. The summed E-state index contributed by atoms with van der Waals surface area (Å²) in [5.41, 5.74) is 3.23. The van der Waals surface area contributed by atoms with E-state index in [0.717, 1.165) is 16.7 Å². The van der Waals surface area contributed by atoms with Gasteiger partial charge in [0.1, 0.15) is 12.1 Å². The smallest absolute Gasteiger partial charge is 0.373 e. The van der Waals surface area contributed by atoms with Gasteiger partial charge in [0.05, 0.1) is 4.92 Å². The topological polar surface area (TPSA) is 90.2 Å². The highest BCUT2D eigenvalue weighted by molar-refractivity contribution is 6.30. The molecule has 8 heteroatoms. The third kappa shape index (κ3) is 4.15. The van der Waals surface area contributed by atoms with Crippen LogP contribution in [0.25, 0.3) is 0 Å². The van der Waals surface area contributed by atoms with Crippen LogP contribution in [-0.4, -0.2) is 14.9 Å². The minimum atomic E-state index is -0.571. The molecule has 0 saturated heterocycles. The molecule has 27 heavy (non-hydrogen) atoms. The lowest BCUT2D eigenvalue weighted by Gasteiger charge is -2.12. The lowest BCUT2D eigenvalue weighted by molar-refractivity contribution is -0.385. The predicted molar refractivity (Wildman–Crippen MR) is 104 cm³/mol. The van der Waals surface area contributed by atoms with Crippen LogP contribution in [0.2, 0.25) is 5.02 Å². The maximum absolute atomic E-state index is 11.7. The molecule has 3 rings (SSSR count). The van der Waals surface area contributed by atoms with E-state index in [1.807, 2.05) is 32.9 Å². The highest BCUT2D eigenvalue weighted by atomic mass is 35.5. The Morgan fingerprint density at radius 1 is 1.04 bits per heavy atom. The summed E-state index contributed by atoms with van der Waals surface area (Å²) >= 11 is 6.02. The Kier molecular flexibility index (Phi) is 5.23. The number of rotatable bonds is 5. The first-order chi connectivity index (χ1) is 12.8. The highest BCUT2D eigenvalue weighted by Gasteiger charge is 2.25. The monoisotopic (exact) mass is 384 g/mol. The number of hydrogen-bond acceptors (Lipinski definition) is 6. The highest BCUT2D eigenvalue weighted by Crippen LogP contribution is 2.36. The van der Waals surface area contributed by atoms with E-state index in [0.29, 0.717) is 16.5 Å². The number of aromatic nitrogens is 2. The molecule has 0 fully saturated rings. The lowest BCUT2D eigenvalue weighted by Crippen LogP contribution is -2.04. The van der Waals surface area contributed by atoms with Crippen LogP contribution in [0.4, 0.5) is 17.2 Å². The van der Waals surface area contributed by atoms with Gasteiger partial charge in [-0.05, 0) is 61.7 Å². The van der Waals surface area contributed by atoms with Crippen LogP contribution in [0.1, 0.15) is 16.7 Å². The molecule has 0 amide bonds. The molecule has 0 aliphatic heterocycles. The minimum Gasteiger partial charge on any atom is -0.434 e. The maximum atomic E-state index is 11.7. The first-order valence-electron chi connectivity index (χ1n) is 8.13. The van der Waals surface area contributed by atoms with Gasteiger partial charge in [0.25, 0.3) is 0 Å². The van der Waals surface area contributed by atoms with E-state index in [9.17, 15) is 10.1 Å². The average Bonchev–Trinajstić information content (AvgIpc) is 2.61. The number of nitro groups is 1. The quantitative estimate of drug-likeness (QED) is 0.461. The van der Waals surface area contributed by atoms with Gasteiger partial charge in [0, 0.05) is 10.7 Å². The Hall–Kier alpha value is -3.19. The Labute approximate surface area is 161 Å². The molecule has 0 unspecified atom stereocenters. The van der Waals surface area contributed by atoms with E-state index in [1.165, 1.54) is 6.33 Å². The van der Waals surface area contributed by atoms with Crippen molar-refractivity contribution in [1.29, 1.82) is 0 Å². The number of aryl methyl sites for hydroxylation is 3. The van der Waals surface area contributed by atoms with Gasteiger partial charge in [0.15, 0.2) is 0 Å². The molecule has 7 nitrogen and oxygen atoms in total. The standard InChI is InChI=1S/C19H17ClN4O3/c1-11-5-7-15(8-13(11)3)27-19-17(24(25)26)18(21-10-22-19)23-16-9-14(20)6-4-12(16)2/h4-10H,1-3H3,(H,21,22,23). The van der Waals surface area contributed by atoms with Crippen molar-refractivity contribution in [2.24, 2.45) is 0 Å². The van der Waals surface area contributed by atoms with E-state index in [-0.39, 0.29) is 17.4 Å². The van der Waals surface area contributed by atoms with E-state index >= 15 is 0 Å². The molecule has 0 radical (unpaired) electrons. The Morgan fingerprint density at radius 2 is 1.78 bits per heavy atom. The van der Waals surface area contributed by atoms with Crippen LogP contribution in [0.5, 0.6) is 11.6 Å². The summed E-state index contributed by atoms with van der Waals surface area (Å²) in [6.45, 7) is 5.77. The van der Waals surface area contributed by atoms with Crippen molar-refractivity contribution in [2.75, 3.05) is 5.32 Å². The molecule has 0 atom stereocenters. The predicted octanol–water partition coefficient (Wildman–Crippen LogP) is 5.50. The summed E-state index contributed by atoms with van der Waals surface area (Å²) in [5, 5.41) is 15.1. The van der Waals surface area contributed by atoms with Gasteiger partial charge in [-0.15, -0.1) is 0 Å². The third-order valence-electron chi connectivity index (χ3n) is 4.12. The van der Waals surface area contributed by atoms with E-state index in [4.69, 9.17) is 16.3 Å². The summed E-state index contributed by atoms with van der Waals surface area (Å²) in [6.07, 6.45) is 1.21. The van der Waals surface area contributed by atoms with Crippen LogP contribution in [0.15, 0.2) is 42.7 Å². The Balaban J connectivity index is 2.00. The van der Waals surface area contributed by atoms with Gasteiger partial charge in [-0.1, -0.05) is 23.7 Å². The van der Waals surface area contributed by atoms with Crippen LogP contribution >= 0.6 is 11.6 Å². The second-order valence-corrected chi connectivity index (χ2v) is 6.50. The van der Waals surface area contributed by atoms with Crippen molar-refractivity contribution in [3.8, 4) is 11.6 Å². The summed E-state index contributed by atoms with van der Waals surface area (Å²) in [6, 6.07) is 10.6. The van der Waals surface area contributed by atoms with Gasteiger partial charge in [-0.2, -0.15) is 4.98 Å². The molecule has 1 N–H and O–H groups in total. The molecule has 1 heterocycles. The summed E-state index contributed by atoms with van der Waals surface area (Å²) in [5.74, 6) is 0.351. The number of nitrogens with zero attached hydrogens (tertiary/aromatic N) is 3. The summed E-state index contributed by atoms with van der Waals surface area (Å²) in [7, 11) is 0. The Bertz CT molecular complexity index is 1020. The first-order valence-corrected chi connectivity index (χ1v) is 8.50. The molecule has 1 aromatic heterocycles. The van der Waals surface area contributed by atoms with Crippen molar-refractivity contribution in [3.05, 3.63) is 74.6 Å². The van der Waals surface area contributed by atoms with Gasteiger partial charge in [-0.3, -0.25) is 10.1 Å². The van der Waals surface area contributed by atoms with Crippen LogP contribution in [0, 0.1) is 30.9 Å². The second-order valence-electron chi connectivity index (χ2n) is 6.07. The molecule has 2 aromatic carbocycles. The van der Waals surface area contributed by atoms with E-state index in [2.05, 4.69) is 15.3 Å². The largest absolute Gasteiger partial charge is 0.434 e. The number of halogens is 1. The molecule has 0 aliphatic carbocycles. The summed E-state index contributed by atoms with van der Waals surface area (Å²) < 4.78 is 5.68. The van der Waals surface area contributed by atoms with Crippen LogP contribution in [0.3, 0.4) is 0 Å². The van der Waals surface area contributed by atoms with Gasteiger partial charge in [-0.25, -0.2) is 4.98 Å². The molecular formula is C19H17ClN4O3. The molecule has 0 spiro atoms. The molecular weight excluding hydrogens is 368 g/mol. The maximum Gasteiger partial charge on any atom is 0.373 e. The number of anilines is 2. The molecule has 138 valence electrons. The molecule has 0 saturated carbocycles. The molecule has 3 aromatic rings. The second kappa shape index (κ2) is 7.59. The summed E-state index contributed by atoms with van der Waals surface area (Å²) in [4.78, 5) is 19.1. The van der Waals surface area contributed by atoms with Crippen molar-refractivity contribution < 1.29 is 9.66 Å². The average molecular weight is 385 g/mol. The van der Waals surface area contributed by atoms with Crippen molar-refractivity contribution in [1.82, 2.24) is 9.97 Å². The fourth-order valence-corrected chi connectivity index (χ4v) is 2.61. The normalized spacial score (nSPS) is 10.5. The van der Waals surface area contributed by atoms with Gasteiger partial charge < -0.3 is 10.1 Å². The fraction of sp³-hybridized carbons (Fsp3) is 0.158. The zero-order chi connectivity index (χ0) is 19.6. The van der Waals surface area contributed by atoms with Crippen molar-refractivity contribution in [2.45, 2.75) is 20.8 Å². The van der Waals surface area contributed by atoms with E-state index in [1.54, 1.807) is 24.3 Å². The number of nitrogens with one attached hydrogen (secondary N) is 1. The SMILES string of the molecule is Cc1ccc(Oc2ncnc(Nc3cc(Cl)ccc3C)c2[N+](=O)[O-])cc1C. The number of hydrogen-bond donors (Lipinski definition) is 1. The third-order valence-corrected chi connectivity index (χ3v) is 4.35. The number of ether oxygens (including phenoxy) is 1. The van der Waals surface area contributed by atoms with Crippen molar-refractivity contribution >= 4 is 28.8 Å². The van der Waals surface area contributed by atoms with Crippen LogP contribution in [-0.2, 0) is 0 Å². The fourth-order valence-electron chi connectivity index (χ4n) is 2.44. The Morgan fingerprint density at radius 3 is 2.48 bits per heavy atom. The van der Waals surface area contributed by atoms with Gasteiger partial charge in [0.2, 0.25) is 5.82 Å². The van der Waals surface area contributed by atoms with Gasteiger partial charge >= 0.3 is 11.6 Å². The van der Waals surface area contributed by atoms with Crippen LogP contribution < -0.4 is 10.1 Å². The zero-order valence-corrected chi connectivity index (χ0v) is 15.7. The molecule has 0 aliphatic rings. The van der Waals surface area contributed by atoms with E-state index < -0.39 is 4.92 Å². The zero-order valence-electron chi connectivity index (χ0n) is 15.0. The molecule has 0 bridgehead atoms. The number of benzene rings is 2.